The number of aliphatic carboxylic acids is 1. The zero-order valence-electron chi connectivity index (χ0n) is 14.9. The van der Waals surface area contributed by atoms with Crippen molar-refractivity contribution in [3.63, 3.8) is 0 Å². The number of carbonyl (C=O) groups excluding carboxylic acids is 2. The maximum Gasteiger partial charge on any atom is 0.305 e. The van der Waals surface area contributed by atoms with Crippen molar-refractivity contribution in [2.45, 2.75) is 33.1 Å². The van der Waals surface area contributed by atoms with Gasteiger partial charge in [0, 0.05) is 31.7 Å². The van der Waals surface area contributed by atoms with Crippen molar-refractivity contribution in [3.8, 4) is 0 Å². The van der Waals surface area contributed by atoms with Gasteiger partial charge in [-0.3, -0.25) is 14.4 Å². The Hall–Kier alpha value is -2.37. The van der Waals surface area contributed by atoms with Gasteiger partial charge in [0.15, 0.2) is 0 Å². The first kappa shape index (κ1) is 19.0. The molecule has 1 aromatic carbocycles. The quantitative estimate of drug-likeness (QED) is 0.857. The number of carboxylic acid groups (broad SMARTS) is 1. The van der Waals surface area contributed by atoms with E-state index in [1.165, 1.54) is 0 Å². The highest BCUT2D eigenvalue weighted by molar-refractivity contribution is 5.95. The number of rotatable bonds is 6. The normalized spacial score (nSPS) is 20.2. The van der Waals surface area contributed by atoms with Crippen LogP contribution in [-0.4, -0.2) is 58.9 Å². The molecule has 0 radical (unpaired) electrons. The van der Waals surface area contributed by atoms with E-state index in [2.05, 4.69) is 0 Å². The lowest BCUT2D eigenvalue weighted by molar-refractivity contribution is -0.145. The standard InChI is InChI=1S/C19H26N2O4/c1-3-20(13-10-16(22)23)18(25)19(2)11-7-12-21(14-19)17(24)15-8-5-4-6-9-15/h4-6,8-9H,3,7,10-14H2,1-2H3,(H,22,23). The molecule has 1 atom stereocenters. The SMILES string of the molecule is CCN(CCC(=O)O)C(=O)C1(C)CCCN(C(=O)c2ccccc2)C1. The van der Waals surface area contributed by atoms with Gasteiger partial charge < -0.3 is 14.9 Å². The second-order valence-corrected chi connectivity index (χ2v) is 6.79. The summed E-state index contributed by atoms with van der Waals surface area (Å²) in [6.45, 7) is 5.39. The van der Waals surface area contributed by atoms with E-state index in [4.69, 9.17) is 5.11 Å². The van der Waals surface area contributed by atoms with Gasteiger partial charge in [0.25, 0.3) is 5.91 Å². The molecular formula is C19H26N2O4. The molecule has 0 spiro atoms. The molecule has 0 saturated carbocycles. The molecule has 1 fully saturated rings. The molecular weight excluding hydrogens is 320 g/mol. The molecule has 136 valence electrons. The third-order valence-corrected chi connectivity index (χ3v) is 4.79. The van der Waals surface area contributed by atoms with Crippen LogP contribution >= 0.6 is 0 Å². The Balaban J connectivity index is 2.10. The Morgan fingerprint density at radius 2 is 1.92 bits per heavy atom. The van der Waals surface area contributed by atoms with Crippen LogP contribution in [0.2, 0.25) is 0 Å². The van der Waals surface area contributed by atoms with Gasteiger partial charge in [-0.05, 0) is 38.8 Å². The molecule has 0 bridgehead atoms. The van der Waals surface area contributed by atoms with E-state index in [1.807, 2.05) is 32.0 Å². The van der Waals surface area contributed by atoms with Gasteiger partial charge in [0.05, 0.1) is 11.8 Å². The summed E-state index contributed by atoms with van der Waals surface area (Å²) in [5, 5.41) is 8.86. The monoisotopic (exact) mass is 346 g/mol. The number of benzene rings is 1. The maximum absolute atomic E-state index is 13.0. The van der Waals surface area contributed by atoms with Gasteiger partial charge in [-0.25, -0.2) is 0 Å². The average Bonchev–Trinajstić information content (AvgIpc) is 2.62. The average molecular weight is 346 g/mol. The molecule has 1 N–H and O–H groups in total. The fraction of sp³-hybridized carbons (Fsp3) is 0.526. The number of likely N-dealkylation sites (tertiary alicyclic amines) is 1. The summed E-state index contributed by atoms with van der Waals surface area (Å²) < 4.78 is 0. The van der Waals surface area contributed by atoms with Gasteiger partial charge in [0.1, 0.15) is 0 Å². The second kappa shape index (κ2) is 8.14. The van der Waals surface area contributed by atoms with Crippen LogP contribution in [0.25, 0.3) is 0 Å². The summed E-state index contributed by atoms with van der Waals surface area (Å²) in [6.07, 6.45) is 1.40. The highest BCUT2D eigenvalue weighted by Crippen LogP contribution is 2.32. The molecule has 1 unspecified atom stereocenters. The predicted octanol–water partition coefficient (Wildman–Crippen LogP) is 2.25. The molecule has 25 heavy (non-hydrogen) atoms. The topological polar surface area (TPSA) is 77.9 Å². The molecule has 2 rings (SSSR count). The molecule has 1 aromatic rings. The van der Waals surface area contributed by atoms with Crippen LogP contribution in [0.15, 0.2) is 30.3 Å². The molecule has 0 aromatic heterocycles. The summed E-state index contributed by atoms with van der Waals surface area (Å²) >= 11 is 0. The Labute approximate surface area is 148 Å². The lowest BCUT2D eigenvalue weighted by Crippen LogP contribution is -2.53. The highest BCUT2D eigenvalue weighted by atomic mass is 16.4. The maximum atomic E-state index is 13.0. The molecule has 1 aliphatic heterocycles. The van der Waals surface area contributed by atoms with Crippen LogP contribution in [0, 0.1) is 5.41 Å². The zero-order valence-corrected chi connectivity index (χ0v) is 14.9. The fourth-order valence-corrected chi connectivity index (χ4v) is 3.37. The van der Waals surface area contributed by atoms with Crippen LogP contribution in [0.5, 0.6) is 0 Å². The number of piperidine rings is 1. The van der Waals surface area contributed by atoms with Crippen molar-refractivity contribution in [2.75, 3.05) is 26.2 Å². The Morgan fingerprint density at radius 3 is 2.52 bits per heavy atom. The van der Waals surface area contributed by atoms with Gasteiger partial charge in [-0.1, -0.05) is 18.2 Å². The number of nitrogens with zero attached hydrogens (tertiary/aromatic N) is 2. The second-order valence-electron chi connectivity index (χ2n) is 6.79. The van der Waals surface area contributed by atoms with E-state index >= 15 is 0 Å². The summed E-state index contributed by atoms with van der Waals surface area (Å²) in [6, 6.07) is 9.07. The minimum Gasteiger partial charge on any atom is -0.481 e. The number of hydrogen-bond acceptors (Lipinski definition) is 3. The molecule has 1 saturated heterocycles. The zero-order chi connectivity index (χ0) is 18.4. The lowest BCUT2D eigenvalue weighted by Gasteiger charge is -2.41. The summed E-state index contributed by atoms with van der Waals surface area (Å²) in [7, 11) is 0. The number of hydrogen-bond donors (Lipinski definition) is 1. The Bertz CT molecular complexity index is 632. The summed E-state index contributed by atoms with van der Waals surface area (Å²) in [5.41, 5.74) is -0.0468. The van der Waals surface area contributed by atoms with E-state index in [0.717, 1.165) is 6.42 Å². The smallest absolute Gasteiger partial charge is 0.305 e. The van der Waals surface area contributed by atoms with E-state index in [9.17, 15) is 14.4 Å². The van der Waals surface area contributed by atoms with E-state index in [1.54, 1.807) is 21.9 Å². The highest BCUT2D eigenvalue weighted by Gasteiger charge is 2.41. The molecule has 6 nitrogen and oxygen atoms in total. The minimum atomic E-state index is -0.916. The van der Waals surface area contributed by atoms with Gasteiger partial charge >= 0.3 is 5.97 Å². The number of amides is 2. The van der Waals surface area contributed by atoms with Crippen molar-refractivity contribution < 1.29 is 19.5 Å². The van der Waals surface area contributed by atoms with Crippen LogP contribution in [0.4, 0.5) is 0 Å². The van der Waals surface area contributed by atoms with E-state index in [-0.39, 0.29) is 24.8 Å². The van der Waals surface area contributed by atoms with Crippen molar-refractivity contribution in [1.82, 2.24) is 9.80 Å². The van der Waals surface area contributed by atoms with Gasteiger partial charge in [-0.15, -0.1) is 0 Å². The first-order valence-electron chi connectivity index (χ1n) is 8.73. The number of carboxylic acids is 1. The molecule has 1 heterocycles. The van der Waals surface area contributed by atoms with Gasteiger partial charge in [0.2, 0.25) is 5.91 Å². The first-order valence-corrected chi connectivity index (χ1v) is 8.73. The molecule has 2 amide bonds. The molecule has 6 heteroatoms. The van der Waals surface area contributed by atoms with Gasteiger partial charge in [-0.2, -0.15) is 0 Å². The summed E-state index contributed by atoms with van der Waals surface area (Å²) in [5.74, 6) is -1.05. The molecule has 1 aliphatic rings. The fourth-order valence-electron chi connectivity index (χ4n) is 3.37. The van der Waals surface area contributed by atoms with Crippen molar-refractivity contribution >= 4 is 17.8 Å². The van der Waals surface area contributed by atoms with E-state index in [0.29, 0.717) is 31.6 Å². The number of carbonyl (C=O) groups is 3. The summed E-state index contributed by atoms with van der Waals surface area (Å²) in [4.78, 5) is 39.8. The lowest BCUT2D eigenvalue weighted by atomic mass is 9.80. The Morgan fingerprint density at radius 1 is 1.24 bits per heavy atom. The van der Waals surface area contributed by atoms with Crippen LogP contribution in [-0.2, 0) is 9.59 Å². The third-order valence-electron chi connectivity index (χ3n) is 4.79. The third kappa shape index (κ3) is 4.59. The van der Waals surface area contributed by atoms with Crippen molar-refractivity contribution in [2.24, 2.45) is 5.41 Å². The van der Waals surface area contributed by atoms with Crippen LogP contribution in [0.1, 0.15) is 43.5 Å². The Kier molecular flexibility index (Phi) is 6.17. The largest absolute Gasteiger partial charge is 0.481 e. The van der Waals surface area contributed by atoms with Crippen LogP contribution in [0.3, 0.4) is 0 Å². The van der Waals surface area contributed by atoms with Crippen LogP contribution < -0.4 is 0 Å². The van der Waals surface area contributed by atoms with E-state index < -0.39 is 11.4 Å². The molecule has 0 aliphatic carbocycles. The predicted molar refractivity (Wildman–Crippen MR) is 94.2 cm³/mol. The van der Waals surface area contributed by atoms with Crippen molar-refractivity contribution in [1.29, 1.82) is 0 Å². The minimum absolute atomic E-state index is 0.0621. The van der Waals surface area contributed by atoms with Crippen molar-refractivity contribution in [3.05, 3.63) is 35.9 Å². The first-order chi connectivity index (χ1) is 11.9.